The summed E-state index contributed by atoms with van der Waals surface area (Å²) in [5, 5.41) is 0.788. The third kappa shape index (κ3) is 4.72. The minimum atomic E-state index is -3.76. The third-order valence-corrected chi connectivity index (χ3v) is 7.33. The molecule has 1 saturated heterocycles. The average molecular weight is 540 g/mol. The van der Waals surface area contributed by atoms with Crippen LogP contribution >= 0.6 is 0 Å². The fourth-order valence-corrected chi connectivity index (χ4v) is 5.44. The van der Waals surface area contributed by atoms with Crippen molar-refractivity contribution in [3.05, 3.63) is 64.9 Å². The molecule has 2 unspecified atom stereocenters. The van der Waals surface area contributed by atoms with E-state index in [0.29, 0.717) is 24.5 Å². The zero-order chi connectivity index (χ0) is 27.4. The number of hydrogen-bond donors (Lipinski definition) is 1. The Kier molecular flexibility index (Phi) is 6.83. The van der Waals surface area contributed by atoms with E-state index in [0.717, 1.165) is 22.4 Å². The van der Waals surface area contributed by atoms with E-state index in [1.54, 1.807) is 30.0 Å². The molecule has 0 bridgehead atoms. The Balaban J connectivity index is 1.47. The Labute approximate surface area is 215 Å². The van der Waals surface area contributed by atoms with Crippen LogP contribution in [0.2, 0.25) is 0 Å². The summed E-state index contributed by atoms with van der Waals surface area (Å²) in [5.41, 5.74) is 1.10. The van der Waals surface area contributed by atoms with E-state index in [2.05, 4.69) is 4.98 Å². The van der Waals surface area contributed by atoms with Gasteiger partial charge < -0.3 is 14.6 Å². The van der Waals surface area contributed by atoms with Gasteiger partial charge in [-0.2, -0.15) is 8.78 Å². The van der Waals surface area contributed by atoms with Crippen LogP contribution in [0.5, 0.6) is 5.75 Å². The standard InChI is InChI=1S/C27H27F6N3O2/c1-14-9-18-17-5-3-4-6-21(17)34-23(18)24(36(14)26(37)27(2,32)33)22-19(28)10-16(11-20(22)29)38-8-7-35-12-15(13-35)25(30)31/h3-6,10-11,14-15,24-25,34H,7-9,12-13H2,1-2H3. The number of hydrogen-bond acceptors (Lipinski definition) is 3. The second kappa shape index (κ2) is 9.83. The molecule has 11 heteroatoms. The molecule has 1 amide bonds. The number of aromatic nitrogens is 1. The van der Waals surface area contributed by atoms with E-state index in [-0.39, 0.29) is 37.6 Å². The summed E-state index contributed by atoms with van der Waals surface area (Å²) in [7, 11) is 0. The predicted molar refractivity (Wildman–Crippen MR) is 129 cm³/mol. The normalized spacial score (nSPS) is 20.6. The molecule has 3 aromatic rings. The summed E-state index contributed by atoms with van der Waals surface area (Å²) in [5.74, 6) is -8.21. The van der Waals surface area contributed by atoms with Crippen molar-refractivity contribution < 1.29 is 35.9 Å². The fourth-order valence-electron chi connectivity index (χ4n) is 5.44. The first-order valence-electron chi connectivity index (χ1n) is 12.4. The number of nitrogens with zero attached hydrogens (tertiary/aromatic N) is 2. The highest BCUT2D eigenvalue weighted by Gasteiger charge is 2.47. The summed E-state index contributed by atoms with van der Waals surface area (Å²) in [4.78, 5) is 18.6. The van der Waals surface area contributed by atoms with E-state index < -0.39 is 53.5 Å². The van der Waals surface area contributed by atoms with E-state index in [1.165, 1.54) is 0 Å². The van der Waals surface area contributed by atoms with Crippen LogP contribution in [0.3, 0.4) is 0 Å². The van der Waals surface area contributed by atoms with Crippen LogP contribution < -0.4 is 4.74 Å². The zero-order valence-corrected chi connectivity index (χ0v) is 20.8. The molecule has 5 rings (SSSR count). The highest BCUT2D eigenvalue weighted by Crippen LogP contribution is 2.44. The van der Waals surface area contributed by atoms with Gasteiger partial charge >= 0.3 is 5.92 Å². The number of alkyl halides is 4. The largest absolute Gasteiger partial charge is 0.492 e. The molecule has 38 heavy (non-hydrogen) atoms. The Bertz CT molecular complexity index is 1330. The number of ether oxygens (including phenoxy) is 1. The number of nitrogens with one attached hydrogen (secondary N) is 1. The van der Waals surface area contributed by atoms with Crippen LogP contribution in [0.4, 0.5) is 26.3 Å². The molecule has 0 saturated carbocycles. The van der Waals surface area contributed by atoms with Gasteiger partial charge in [0.05, 0.1) is 5.56 Å². The lowest BCUT2D eigenvalue weighted by Gasteiger charge is -2.42. The number of fused-ring (bicyclic) bond motifs is 3. The van der Waals surface area contributed by atoms with Gasteiger partial charge in [0.25, 0.3) is 5.91 Å². The molecule has 2 aliphatic heterocycles. The molecule has 2 aliphatic rings. The van der Waals surface area contributed by atoms with Crippen LogP contribution in [0, 0.1) is 17.6 Å². The Morgan fingerprint density at radius 1 is 1.16 bits per heavy atom. The summed E-state index contributed by atoms with van der Waals surface area (Å²) in [6.45, 7) is 2.81. The molecule has 1 N–H and O–H groups in total. The van der Waals surface area contributed by atoms with Crippen molar-refractivity contribution in [2.24, 2.45) is 5.92 Å². The van der Waals surface area contributed by atoms with E-state index in [4.69, 9.17) is 4.74 Å². The number of carbonyl (C=O) groups is 1. The number of aromatic amines is 1. The number of H-pyrrole nitrogens is 1. The van der Waals surface area contributed by atoms with Gasteiger partial charge in [0.15, 0.2) is 0 Å². The number of rotatable bonds is 7. The highest BCUT2D eigenvalue weighted by atomic mass is 19.3. The van der Waals surface area contributed by atoms with Crippen molar-refractivity contribution in [2.45, 2.75) is 44.7 Å². The maximum Gasteiger partial charge on any atom is 0.322 e. The van der Waals surface area contributed by atoms with Gasteiger partial charge in [-0.05, 0) is 25.0 Å². The molecule has 2 atom stereocenters. The fraction of sp³-hybridized carbons (Fsp3) is 0.444. The molecular weight excluding hydrogens is 512 g/mol. The van der Waals surface area contributed by atoms with Crippen LogP contribution in [0.15, 0.2) is 36.4 Å². The van der Waals surface area contributed by atoms with Gasteiger partial charge in [-0.1, -0.05) is 18.2 Å². The second-order valence-corrected chi connectivity index (χ2v) is 10.1. The first-order chi connectivity index (χ1) is 18.0. The van der Waals surface area contributed by atoms with E-state index >= 15 is 8.78 Å². The molecule has 3 heterocycles. The highest BCUT2D eigenvalue weighted by molar-refractivity contribution is 5.88. The maximum absolute atomic E-state index is 15.6. The zero-order valence-electron chi connectivity index (χ0n) is 20.8. The average Bonchev–Trinajstić information content (AvgIpc) is 3.17. The van der Waals surface area contributed by atoms with E-state index in [1.807, 2.05) is 6.07 Å². The molecule has 1 fully saturated rings. The molecular formula is C27H27F6N3O2. The lowest BCUT2D eigenvalue weighted by Crippen LogP contribution is -2.52. The van der Waals surface area contributed by atoms with Gasteiger partial charge in [0, 0.05) is 67.2 Å². The van der Waals surface area contributed by atoms with Crippen LogP contribution in [0.25, 0.3) is 10.9 Å². The quantitative estimate of drug-likeness (QED) is 0.401. The van der Waals surface area contributed by atoms with Gasteiger partial charge in [-0.15, -0.1) is 0 Å². The van der Waals surface area contributed by atoms with E-state index in [9.17, 15) is 22.4 Å². The predicted octanol–water partition coefficient (Wildman–Crippen LogP) is 5.54. The van der Waals surface area contributed by atoms with Crippen LogP contribution in [-0.2, 0) is 11.2 Å². The Morgan fingerprint density at radius 2 is 1.82 bits per heavy atom. The SMILES string of the molecule is CC1Cc2c([nH]c3ccccc23)C(c2c(F)cc(OCCN3CC(C(F)F)C3)cc2F)N1C(=O)C(C)(F)F. The van der Waals surface area contributed by atoms with Gasteiger partial charge in [0.2, 0.25) is 6.43 Å². The Hall–Kier alpha value is -3.21. The molecule has 0 radical (unpaired) electrons. The van der Waals surface area contributed by atoms with Crippen LogP contribution in [-0.4, -0.2) is 65.3 Å². The molecule has 204 valence electrons. The number of likely N-dealkylation sites (tertiary alicyclic amines) is 1. The molecule has 1 aromatic heterocycles. The minimum absolute atomic E-state index is 0.0213. The number of para-hydroxylation sites is 1. The van der Waals surface area contributed by atoms with Gasteiger partial charge in [0.1, 0.15) is 30.0 Å². The molecule has 2 aromatic carbocycles. The van der Waals surface area contributed by atoms with Crippen molar-refractivity contribution in [1.82, 2.24) is 14.8 Å². The number of halogens is 6. The lowest BCUT2D eigenvalue weighted by atomic mass is 9.87. The second-order valence-electron chi connectivity index (χ2n) is 10.1. The summed E-state index contributed by atoms with van der Waals surface area (Å²) < 4.78 is 90.4. The molecule has 0 aliphatic carbocycles. The number of amides is 1. The van der Waals surface area contributed by atoms with Gasteiger partial charge in [-0.3, -0.25) is 9.69 Å². The van der Waals surface area contributed by atoms with Crippen molar-refractivity contribution in [3.8, 4) is 5.75 Å². The van der Waals surface area contributed by atoms with Crippen LogP contribution in [0.1, 0.15) is 36.7 Å². The topological polar surface area (TPSA) is 48.6 Å². The van der Waals surface area contributed by atoms with Crippen molar-refractivity contribution in [3.63, 3.8) is 0 Å². The number of carbonyl (C=O) groups excluding carboxylic acids is 1. The van der Waals surface area contributed by atoms with Crippen molar-refractivity contribution >= 4 is 16.8 Å². The first kappa shape index (κ1) is 26.4. The number of benzene rings is 2. The monoisotopic (exact) mass is 539 g/mol. The van der Waals surface area contributed by atoms with Gasteiger partial charge in [-0.25, -0.2) is 17.6 Å². The molecule has 0 spiro atoms. The first-order valence-corrected chi connectivity index (χ1v) is 12.4. The lowest BCUT2D eigenvalue weighted by molar-refractivity contribution is -0.160. The third-order valence-electron chi connectivity index (χ3n) is 7.33. The maximum atomic E-state index is 15.6. The Morgan fingerprint density at radius 3 is 2.45 bits per heavy atom. The van der Waals surface area contributed by atoms with Crippen molar-refractivity contribution in [2.75, 3.05) is 26.2 Å². The molecule has 5 nitrogen and oxygen atoms in total. The summed E-state index contributed by atoms with van der Waals surface area (Å²) in [6, 6.07) is 6.83. The summed E-state index contributed by atoms with van der Waals surface area (Å²) >= 11 is 0. The van der Waals surface area contributed by atoms with Crippen molar-refractivity contribution in [1.29, 1.82) is 0 Å². The summed E-state index contributed by atoms with van der Waals surface area (Å²) in [6.07, 6.45) is -2.16. The smallest absolute Gasteiger partial charge is 0.322 e. The minimum Gasteiger partial charge on any atom is -0.492 e.